The third kappa shape index (κ3) is 5.85. The number of carbonyl (C=O) groups is 2. The maximum Gasteiger partial charge on any atom is 0.135 e. The number of ether oxygens (including phenoxy) is 1. The third-order valence-electron chi connectivity index (χ3n) is 4.26. The van der Waals surface area contributed by atoms with Crippen LogP contribution in [-0.2, 0) is 14.3 Å². The molecular weight excluding hydrogens is 240 g/mol. The fraction of sp³-hybridized carbons (Fsp3) is 0.875. The van der Waals surface area contributed by atoms with Crippen LogP contribution in [0.5, 0.6) is 0 Å². The van der Waals surface area contributed by atoms with Crippen molar-refractivity contribution in [3.63, 3.8) is 0 Å². The van der Waals surface area contributed by atoms with Crippen molar-refractivity contribution >= 4 is 11.6 Å². The Balaban J connectivity index is 1.71. The minimum atomic E-state index is 0.247. The third-order valence-corrected chi connectivity index (χ3v) is 4.26. The summed E-state index contributed by atoms with van der Waals surface area (Å²) in [7, 11) is 0. The number of rotatable bonds is 0. The van der Waals surface area contributed by atoms with Gasteiger partial charge in [0.1, 0.15) is 11.6 Å². The number of fused-ring (bicyclic) bond motifs is 1. The molecule has 2 rings (SSSR count). The van der Waals surface area contributed by atoms with Gasteiger partial charge < -0.3 is 4.74 Å². The average Bonchev–Trinajstić information content (AvgIpc) is 3.11. The molecule has 0 spiro atoms. The molecule has 1 saturated heterocycles. The van der Waals surface area contributed by atoms with E-state index in [2.05, 4.69) is 0 Å². The summed E-state index contributed by atoms with van der Waals surface area (Å²) in [6.45, 7) is 0.577. The van der Waals surface area contributed by atoms with Gasteiger partial charge in [0.25, 0.3) is 0 Å². The molecule has 0 amide bonds. The van der Waals surface area contributed by atoms with Crippen LogP contribution in [0.3, 0.4) is 0 Å². The Morgan fingerprint density at radius 2 is 1.47 bits per heavy atom. The highest BCUT2D eigenvalue weighted by Crippen LogP contribution is 2.38. The van der Waals surface area contributed by atoms with Gasteiger partial charge in [0.05, 0.1) is 12.7 Å². The van der Waals surface area contributed by atoms with Crippen LogP contribution in [0.1, 0.15) is 70.6 Å². The zero-order valence-electron chi connectivity index (χ0n) is 11.9. The van der Waals surface area contributed by atoms with Gasteiger partial charge in [-0.2, -0.15) is 0 Å². The highest BCUT2D eigenvalue weighted by molar-refractivity contribution is 5.81. The molecule has 0 aromatic carbocycles. The van der Waals surface area contributed by atoms with Gasteiger partial charge in [-0.3, -0.25) is 9.59 Å². The summed E-state index contributed by atoms with van der Waals surface area (Å²) in [5.41, 5.74) is 0. The van der Waals surface area contributed by atoms with Gasteiger partial charge in [-0.1, -0.05) is 19.3 Å². The van der Waals surface area contributed by atoms with E-state index in [-0.39, 0.29) is 5.78 Å². The van der Waals surface area contributed by atoms with E-state index < -0.39 is 0 Å². The van der Waals surface area contributed by atoms with E-state index in [1.807, 2.05) is 0 Å². The summed E-state index contributed by atoms with van der Waals surface area (Å²) in [6.07, 6.45) is 10.7. The quantitative estimate of drug-likeness (QED) is 0.674. The van der Waals surface area contributed by atoms with Crippen molar-refractivity contribution in [3.8, 4) is 0 Å². The highest BCUT2D eigenvalue weighted by atomic mass is 16.5. The minimum Gasteiger partial charge on any atom is -0.377 e. The van der Waals surface area contributed by atoms with Gasteiger partial charge in [-0.15, -0.1) is 0 Å². The Labute approximate surface area is 116 Å². The lowest BCUT2D eigenvalue weighted by atomic mass is 10.0. The van der Waals surface area contributed by atoms with Crippen molar-refractivity contribution in [1.29, 1.82) is 0 Å². The predicted molar refractivity (Wildman–Crippen MR) is 74.0 cm³/mol. The molecule has 19 heavy (non-hydrogen) atoms. The average molecular weight is 266 g/mol. The van der Waals surface area contributed by atoms with Crippen LogP contribution in [0, 0.1) is 5.92 Å². The molecule has 1 heterocycles. The van der Waals surface area contributed by atoms with Gasteiger partial charge in [0.15, 0.2) is 0 Å². The molecule has 1 aliphatic heterocycles. The molecule has 0 aromatic rings. The van der Waals surface area contributed by atoms with Crippen LogP contribution in [-0.4, -0.2) is 24.3 Å². The van der Waals surface area contributed by atoms with Crippen molar-refractivity contribution in [3.05, 3.63) is 0 Å². The number of Topliss-reactive ketones (excluding diaryl/α,β-unsaturated/α-hetero) is 2. The standard InChI is InChI=1S/C16H26O3/c17-14-7-4-2-1-3-6-13-12-16(13)19-11-10-15(18)9-5-8-14/h13,16H,1-12H2. The Hall–Kier alpha value is -0.700. The summed E-state index contributed by atoms with van der Waals surface area (Å²) in [5.74, 6) is 1.32. The van der Waals surface area contributed by atoms with Crippen LogP contribution < -0.4 is 0 Å². The van der Waals surface area contributed by atoms with E-state index in [1.165, 1.54) is 32.1 Å². The zero-order valence-corrected chi connectivity index (χ0v) is 11.9. The Bertz CT molecular complexity index is 311. The monoisotopic (exact) mass is 266 g/mol. The second-order valence-corrected chi connectivity index (χ2v) is 6.04. The van der Waals surface area contributed by atoms with E-state index in [9.17, 15) is 9.59 Å². The summed E-state index contributed by atoms with van der Waals surface area (Å²) in [5, 5.41) is 0. The van der Waals surface area contributed by atoms with Crippen LogP contribution in [0.2, 0.25) is 0 Å². The molecule has 2 atom stereocenters. The summed E-state index contributed by atoms with van der Waals surface area (Å²) >= 11 is 0. The first-order chi connectivity index (χ1) is 9.25. The smallest absolute Gasteiger partial charge is 0.135 e. The normalized spacial score (nSPS) is 31.8. The molecule has 108 valence electrons. The second kappa shape index (κ2) is 7.78. The van der Waals surface area contributed by atoms with Crippen LogP contribution in [0.4, 0.5) is 0 Å². The molecule has 2 unspecified atom stereocenters. The van der Waals surface area contributed by atoms with Crippen molar-refractivity contribution in [1.82, 2.24) is 0 Å². The Morgan fingerprint density at radius 1 is 0.789 bits per heavy atom. The molecule has 1 aliphatic carbocycles. The number of hydrogen-bond acceptors (Lipinski definition) is 3. The van der Waals surface area contributed by atoms with Gasteiger partial charge in [-0.25, -0.2) is 0 Å². The van der Waals surface area contributed by atoms with E-state index in [1.54, 1.807) is 0 Å². The molecule has 0 radical (unpaired) electrons. The summed E-state index contributed by atoms with van der Waals surface area (Å²) in [4.78, 5) is 23.2. The zero-order chi connectivity index (χ0) is 13.5. The number of hydrogen-bond donors (Lipinski definition) is 0. The summed E-state index contributed by atoms with van der Waals surface area (Å²) < 4.78 is 5.72. The molecule has 2 fully saturated rings. The van der Waals surface area contributed by atoms with Gasteiger partial charge in [0.2, 0.25) is 0 Å². The molecule has 0 aromatic heterocycles. The summed E-state index contributed by atoms with van der Waals surface area (Å²) in [6, 6.07) is 0. The van der Waals surface area contributed by atoms with Crippen molar-refractivity contribution < 1.29 is 14.3 Å². The number of carbonyl (C=O) groups excluding carboxylic acids is 2. The highest BCUT2D eigenvalue weighted by Gasteiger charge is 2.37. The fourth-order valence-electron chi connectivity index (χ4n) is 2.87. The van der Waals surface area contributed by atoms with Crippen molar-refractivity contribution in [2.75, 3.05) is 6.61 Å². The van der Waals surface area contributed by atoms with Crippen molar-refractivity contribution in [2.45, 2.75) is 76.7 Å². The Morgan fingerprint density at radius 3 is 2.32 bits per heavy atom. The SMILES string of the molecule is O=C1CCCCCCC2CC2OCCC(=O)CCC1. The first-order valence-corrected chi connectivity index (χ1v) is 7.90. The first kappa shape index (κ1) is 14.7. The predicted octanol–water partition coefficient (Wildman–Crippen LogP) is 3.44. The molecule has 1 saturated carbocycles. The molecule has 0 N–H and O–H groups in total. The largest absolute Gasteiger partial charge is 0.377 e. The lowest BCUT2D eigenvalue weighted by Gasteiger charge is -2.06. The number of ketones is 2. The first-order valence-electron chi connectivity index (χ1n) is 7.90. The van der Waals surface area contributed by atoms with E-state index in [4.69, 9.17) is 4.74 Å². The van der Waals surface area contributed by atoms with Crippen molar-refractivity contribution in [2.24, 2.45) is 5.92 Å². The van der Waals surface area contributed by atoms with Crippen LogP contribution >= 0.6 is 0 Å². The lowest BCUT2D eigenvalue weighted by molar-refractivity contribution is -0.121. The topological polar surface area (TPSA) is 43.4 Å². The molecule has 0 bridgehead atoms. The molecule has 2 aliphatic rings. The van der Waals surface area contributed by atoms with Gasteiger partial charge in [-0.05, 0) is 31.6 Å². The van der Waals surface area contributed by atoms with Gasteiger partial charge >= 0.3 is 0 Å². The van der Waals surface area contributed by atoms with E-state index in [0.29, 0.717) is 44.2 Å². The molecule has 3 heteroatoms. The van der Waals surface area contributed by atoms with E-state index >= 15 is 0 Å². The minimum absolute atomic E-state index is 0.247. The maximum atomic E-state index is 11.6. The molecular formula is C16H26O3. The lowest BCUT2D eigenvalue weighted by Crippen LogP contribution is -2.07. The van der Waals surface area contributed by atoms with Crippen LogP contribution in [0.25, 0.3) is 0 Å². The van der Waals surface area contributed by atoms with E-state index in [0.717, 1.165) is 18.8 Å². The second-order valence-electron chi connectivity index (χ2n) is 6.04. The maximum absolute atomic E-state index is 11.6. The fourth-order valence-corrected chi connectivity index (χ4v) is 2.87. The van der Waals surface area contributed by atoms with Gasteiger partial charge in [0, 0.05) is 25.7 Å². The van der Waals surface area contributed by atoms with Crippen LogP contribution in [0.15, 0.2) is 0 Å². The Kier molecular flexibility index (Phi) is 6.02. The molecule has 3 nitrogen and oxygen atoms in total.